The van der Waals surface area contributed by atoms with Gasteiger partial charge >= 0.3 is 0 Å². The van der Waals surface area contributed by atoms with Crippen LogP contribution in [-0.2, 0) is 11.3 Å². The molecule has 18 heavy (non-hydrogen) atoms. The minimum Gasteiger partial charge on any atom is -0.378 e. The number of rotatable bonds is 7. The van der Waals surface area contributed by atoms with Crippen LogP contribution in [0.3, 0.4) is 0 Å². The van der Waals surface area contributed by atoms with Crippen LogP contribution in [0.4, 0.5) is 0 Å². The predicted octanol–water partition coefficient (Wildman–Crippen LogP) is 3.89. The van der Waals surface area contributed by atoms with E-state index in [0.29, 0.717) is 6.10 Å². The Morgan fingerprint density at radius 2 is 2.11 bits per heavy atom. The molecule has 1 saturated carbocycles. The molecule has 0 saturated heterocycles. The van der Waals surface area contributed by atoms with Gasteiger partial charge in [0, 0.05) is 22.9 Å². The van der Waals surface area contributed by atoms with E-state index < -0.39 is 0 Å². The molecule has 2 rings (SSSR count). The molecule has 0 aromatic carbocycles. The van der Waals surface area contributed by atoms with Crippen LogP contribution in [0.25, 0.3) is 0 Å². The van der Waals surface area contributed by atoms with E-state index in [1.165, 1.54) is 41.9 Å². The smallest absolute Gasteiger partial charge is 0.0575 e. The number of hydrogen-bond acceptors (Lipinski definition) is 3. The monoisotopic (exact) mass is 267 g/mol. The third kappa shape index (κ3) is 5.09. The van der Waals surface area contributed by atoms with Gasteiger partial charge < -0.3 is 10.1 Å². The van der Waals surface area contributed by atoms with Gasteiger partial charge in [0.2, 0.25) is 0 Å². The fourth-order valence-corrected chi connectivity index (χ4v) is 3.33. The molecular formula is C15H25NOS. The van der Waals surface area contributed by atoms with Crippen LogP contribution in [0.1, 0.15) is 48.3 Å². The maximum Gasteiger partial charge on any atom is 0.0575 e. The molecule has 1 aromatic heterocycles. The lowest BCUT2D eigenvalue weighted by Gasteiger charge is -2.21. The van der Waals surface area contributed by atoms with Crippen LogP contribution in [0, 0.1) is 6.92 Å². The molecule has 0 unspecified atom stereocenters. The lowest BCUT2D eigenvalue weighted by atomic mass is 9.98. The molecule has 2 nitrogen and oxygen atoms in total. The topological polar surface area (TPSA) is 21.3 Å². The highest BCUT2D eigenvalue weighted by atomic mass is 32.1. The van der Waals surface area contributed by atoms with Crippen molar-refractivity contribution in [1.29, 1.82) is 0 Å². The summed E-state index contributed by atoms with van der Waals surface area (Å²) in [7, 11) is 0. The Morgan fingerprint density at radius 3 is 2.83 bits per heavy atom. The molecule has 0 amide bonds. The maximum absolute atomic E-state index is 5.90. The summed E-state index contributed by atoms with van der Waals surface area (Å²) >= 11 is 1.88. The van der Waals surface area contributed by atoms with Crippen molar-refractivity contribution in [2.24, 2.45) is 0 Å². The second-order valence-electron chi connectivity index (χ2n) is 5.17. The van der Waals surface area contributed by atoms with Crippen LogP contribution in [0.2, 0.25) is 0 Å². The summed E-state index contributed by atoms with van der Waals surface area (Å²) in [6.07, 6.45) is 8.37. The fourth-order valence-electron chi connectivity index (χ4n) is 2.47. The van der Waals surface area contributed by atoms with Crippen LogP contribution in [0.15, 0.2) is 12.1 Å². The highest BCUT2D eigenvalue weighted by Crippen LogP contribution is 2.20. The molecule has 1 aromatic rings. The summed E-state index contributed by atoms with van der Waals surface area (Å²) in [6.45, 7) is 5.14. The molecule has 1 aliphatic rings. The van der Waals surface area contributed by atoms with E-state index in [1.807, 2.05) is 11.3 Å². The standard InChI is InChI=1S/C15H25NOS/c1-13-8-9-15(18-13)12-16-10-5-11-17-14-6-3-2-4-7-14/h8-9,14,16H,2-7,10-12H2,1H3. The first-order valence-corrected chi connectivity index (χ1v) is 8.04. The van der Waals surface area contributed by atoms with Gasteiger partial charge in [0.1, 0.15) is 0 Å². The SMILES string of the molecule is Cc1ccc(CNCCCOC2CCCCC2)s1. The Labute approximate surface area is 115 Å². The minimum absolute atomic E-state index is 0.554. The molecule has 0 bridgehead atoms. The van der Waals surface area contributed by atoms with Crippen molar-refractivity contribution in [1.82, 2.24) is 5.32 Å². The van der Waals surface area contributed by atoms with Crippen molar-refractivity contribution >= 4 is 11.3 Å². The Bertz CT molecular complexity index is 331. The van der Waals surface area contributed by atoms with Crippen molar-refractivity contribution in [2.75, 3.05) is 13.2 Å². The van der Waals surface area contributed by atoms with Gasteiger partial charge in [0.05, 0.1) is 6.10 Å². The van der Waals surface area contributed by atoms with Gasteiger partial charge in [-0.05, 0) is 44.9 Å². The van der Waals surface area contributed by atoms with Crippen molar-refractivity contribution in [3.8, 4) is 0 Å². The van der Waals surface area contributed by atoms with E-state index in [0.717, 1.165) is 26.1 Å². The highest BCUT2D eigenvalue weighted by molar-refractivity contribution is 7.11. The maximum atomic E-state index is 5.90. The quantitative estimate of drug-likeness (QED) is 0.757. The van der Waals surface area contributed by atoms with Crippen LogP contribution in [0.5, 0.6) is 0 Å². The number of aryl methyl sites for hydroxylation is 1. The third-order valence-electron chi connectivity index (χ3n) is 3.50. The second-order valence-corrected chi connectivity index (χ2v) is 6.55. The van der Waals surface area contributed by atoms with Crippen molar-refractivity contribution in [3.05, 3.63) is 21.9 Å². The van der Waals surface area contributed by atoms with E-state index in [4.69, 9.17) is 4.74 Å². The summed E-state index contributed by atoms with van der Waals surface area (Å²) < 4.78 is 5.90. The first-order chi connectivity index (χ1) is 8.84. The van der Waals surface area contributed by atoms with Gasteiger partial charge in [0.15, 0.2) is 0 Å². The average Bonchev–Trinajstić information content (AvgIpc) is 2.81. The number of nitrogens with one attached hydrogen (secondary N) is 1. The van der Waals surface area contributed by atoms with Crippen molar-refractivity contribution < 1.29 is 4.74 Å². The summed E-state index contributed by atoms with van der Waals surface area (Å²) in [5.41, 5.74) is 0. The fraction of sp³-hybridized carbons (Fsp3) is 0.733. The average molecular weight is 267 g/mol. The van der Waals surface area contributed by atoms with E-state index in [2.05, 4.69) is 24.4 Å². The normalized spacial score (nSPS) is 17.2. The van der Waals surface area contributed by atoms with Crippen LogP contribution < -0.4 is 5.32 Å². The second kappa shape index (κ2) is 7.93. The summed E-state index contributed by atoms with van der Waals surface area (Å²) in [5.74, 6) is 0. The molecule has 1 heterocycles. The number of hydrogen-bond donors (Lipinski definition) is 1. The predicted molar refractivity (Wildman–Crippen MR) is 78.2 cm³/mol. The van der Waals surface area contributed by atoms with Gasteiger partial charge in [-0.2, -0.15) is 0 Å². The minimum atomic E-state index is 0.554. The third-order valence-corrected chi connectivity index (χ3v) is 4.50. The van der Waals surface area contributed by atoms with Crippen LogP contribution >= 0.6 is 11.3 Å². The van der Waals surface area contributed by atoms with E-state index in [-0.39, 0.29) is 0 Å². The van der Waals surface area contributed by atoms with Gasteiger partial charge in [-0.15, -0.1) is 11.3 Å². The van der Waals surface area contributed by atoms with Gasteiger partial charge in [-0.3, -0.25) is 0 Å². The first kappa shape index (κ1) is 14.0. The Kier molecular flexibility index (Phi) is 6.18. The molecule has 0 radical (unpaired) electrons. The molecule has 0 spiro atoms. The molecule has 1 N–H and O–H groups in total. The Morgan fingerprint density at radius 1 is 1.28 bits per heavy atom. The van der Waals surface area contributed by atoms with Gasteiger partial charge in [-0.1, -0.05) is 19.3 Å². The highest BCUT2D eigenvalue weighted by Gasteiger charge is 2.12. The first-order valence-electron chi connectivity index (χ1n) is 7.22. The molecule has 3 heteroatoms. The zero-order valence-electron chi connectivity index (χ0n) is 11.4. The van der Waals surface area contributed by atoms with Crippen molar-refractivity contribution in [2.45, 2.75) is 58.1 Å². The summed E-state index contributed by atoms with van der Waals surface area (Å²) in [5, 5.41) is 3.48. The molecule has 0 atom stereocenters. The van der Waals surface area contributed by atoms with E-state index >= 15 is 0 Å². The number of ether oxygens (including phenoxy) is 1. The molecule has 0 aliphatic heterocycles. The lowest BCUT2D eigenvalue weighted by Crippen LogP contribution is -2.20. The molecular weight excluding hydrogens is 242 g/mol. The molecule has 1 fully saturated rings. The molecule has 1 aliphatic carbocycles. The van der Waals surface area contributed by atoms with Gasteiger partial charge in [-0.25, -0.2) is 0 Å². The van der Waals surface area contributed by atoms with Gasteiger partial charge in [0.25, 0.3) is 0 Å². The Hall–Kier alpha value is -0.380. The zero-order valence-corrected chi connectivity index (χ0v) is 12.2. The van der Waals surface area contributed by atoms with E-state index in [1.54, 1.807) is 0 Å². The van der Waals surface area contributed by atoms with Crippen LogP contribution in [-0.4, -0.2) is 19.3 Å². The summed E-state index contributed by atoms with van der Waals surface area (Å²) in [4.78, 5) is 2.83. The zero-order chi connectivity index (χ0) is 12.6. The molecule has 102 valence electrons. The lowest BCUT2D eigenvalue weighted by molar-refractivity contribution is 0.0273. The van der Waals surface area contributed by atoms with Crippen molar-refractivity contribution in [3.63, 3.8) is 0 Å². The number of thiophene rings is 1. The van der Waals surface area contributed by atoms with E-state index in [9.17, 15) is 0 Å². The summed E-state index contributed by atoms with van der Waals surface area (Å²) in [6, 6.07) is 4.40. The largest absolute Gasteiger partial charge is 0.378 e. The Balaban J connectivity index is 1.46.